The summed E-state index contributed by atoms with van der Waals surface area (Å²) in [6.45, 7) is 0.937. The Morgan fingerprint density at radius 3 is 3.10 bits per heavy atom. The van der Waals surface area contributed by atoms with E-state index >= 15 is 0 Å². The zero-order chi connectivity index (χ0) is 13.5. The van der Waals surface area contributed by atoms with Crippen LogP contribution >= 0.6 is 0 Å². The van der Waals surface area contributed by atoms with Gasteiger partial charge in [0, 0.05) is 23.7 Å². The molecule has 4 nitrogen and oxygen atoms in total. The topological polar surface area (TPSA) is 61.9 Å². The summed E-state index contributed by atoms with van der Waals surface area (Å²) in [5, 5.41) is 13.2. The molecule has 2 aromatic heterocycles. The van der Waals surface area contributed by atoms with E-state index in [9.17, 15) is 0 Å². The molecule has 0 spiro atoms. The Morgan fingerprint density at radius 2 is 2.20 bits per heavy atom. The number of hydrogen-bond acceptors (Lipinski definition) is 4. The predicted octanol–water partition coefficient (Wildman–Crippen LogP) is 3.33. The van der Waals surface area contributed by atoms with Crippen molar-refractivity contribution in [3.63, 3.8) is 0 Å². The molecule has 0 saturated heterocycles. The lowest BCUT2D eigenvalue weighted by Crippen LogP contribution is -1.90. The van der Waals surface area contributed by atoms with Crippen LogP contribution in [0.1, 0.15) is 11.1 Å². The number of aromatic nitrogens is 1. The highest BCUT2D eigenvalue weighted by Crippen LogP contribution is 2.35. The number of rotatable bonds is 1. The molecular weight excluding hydrogens is 250 g/mol. The Balaban J connectivity index is 1.91. The van der Waals surface area contributed by atoms with Crippen LogP contribution in [-0.4, -0.2) is 11.5 Å². The van der Waals surface area contributed by atoms with E-state index in [1.807, 2.05) is 30.6 Å². The maximum atomic E-state index is 8.95. The van der Waals surface area contributed by atoms with E-state index in [1.54, 1.807) is 6.07 Å². The van der Waals surface area contributed by atoms with Gasteiger partial charge in [-0.15, -0.1) is 0 Å². The second-order valence-electron chi connectivity index (χ2n) is 4.87. The summed E-state index contributed by atoms with van der Waals surface area (Å²) < 4.78 is 5.90. The van der Waals surface area contributed by atoms with Gasteiger partial charge in [0.15, 0.2) is 0 Å². The molecule has 0 fully saturated rings. The molecule has 20 heavy (non-hydrogen) atoms. The Labute approximate surface area is 115 Å². The van der Waals surface area contributed by atoms with E-state index in [1.165, 1.54) is 5.56 Å². The van der Waals surface area contributed by atoms with Crippen LogP contribution in [0.2, 0.25) is 0 Å². The minimum Gasteiger partial charge on any atom is -0.456 e. The number of nitrogens with one attached hydrogen (secondary N) is 1. The molecule has 96 valence electrons. The molecule has 0 amide bonds. The van der Waals surface area contributed by atoms with Crippen LogP contribution in [0.4, 0.5) is 5.69 Å². The fourth-order valence-electron chi connectivity index (χ4n) is 2.69. The van der Waals surface area contributed by atoms with Gasteiger partial charge in [0.1, 0.15) is 11.3 Å². The highest BCUT2D eigenvalue weighted by Gasteiger charge is 2.18. The third-order valence-corrected chi connectivity index (χ3v) is 3.66. The van der Waals surface area contributed by atoms with Crippen LogP contribution in [0, 0.1) is 11.3 Å². The molecule has 0 unspecified atom stereocenters. The molecular formula is C16H11N3O. The van der Waals surface area contributed by atoms with Gasteiger partial charge in [0.05, 0.1) is 23.5 Å². The fourth-order valence-corrected chi connectivity index (χ4v) is 2.69. The van der Waals surface area contributed by atoms with Crippen molar-refractivity contribution >= 4 is 16.7 Å². The first-order valence-electron chi connectivity index (χ1n) is 6.50. The molecule has 0 atom stereocenters. The fraction of sp³-hybridized carbons (Fsp3) is 0.125. The Bertz CT molecular complexity index is 858. The van der Waals surface area contributed by atoms with Crippen LogP contribution in [0.5, 0.6) is 0 Å². The number of anilines is 1. The lowest BCUT2D eigenvalue weighted by atomic mass is 10.1. The van der Waals surface area contributed by atoms with E-state index in [0.717, 1.165) is 40.9 Å². The van der Waals surface area contributed by atoms with Crippen molar-refractivity contribution in [2.24, 2.45) is 0 Å². The molecule has 1 aromatic carbocycles. The number of fused-ring (bicyclic) bond motifs is 2. The van der Waals surface area contributed by atoms with Crippen LogP contribution in [-0.2, 0) is 6.42 Å². The molecule has 4 heteroatoms. The second kappa shape index (κ2) is 4.10. The summed E-state index contributed by atoms with van der Waals surface area (Å²) in [7, 11) is 0. The molecule has 1 N–H and O–H groups in total. The van der Waals surface area contributed by atoms with Crippen molar-refractivity contribution in [2.45, 2.75) is 6.42 Å². The van der Waals surface area contributed by atoms with Crippen LogP contribution < -0.4 is 5.32 Å². The zero-order valence-electron chi connectivity index (χ0n) is 10.7. The standard InChI is InChI=1S/C16H11N3O/c17-7-10-1-2-15-11(5-10)6-16(20-15)13-8-18-9-14-12(13)3-4-19-14/h1-2,5-6,8-9,19H,3-4H2. The molecule has 0 aliphatic carbocycles. The predicted molar refractivity (Wildman–Crippen MR) is 76.4 cm³/mol. The lowest BCUT2D eigenvalue weighted by Gasteiger charge is -2.03. The van der Waals surface area contributed by atoms with Crippen molar-refractivity contribution in [3.8, 4) is 17.4 Å². The first-order chi connectivity index (χ1) is 9.85. The number of furan rings is 1. The Morgan fingerprint density at radius 1 is 1.25 bits per heavy atom. The summed E-state index contributed by atoms with van der Waals surface area (Å²) in [6, 6.07) is 9.58. The van der Waals surface area contributed by atoms with Crippen molar-refractivity contribution in [1.29, 1.82) is 5.26 Å². The van der Waals surface area contributed by atoms with Gasteiger partial charge < -0.3 is 9.73 Å². The molecule has 3 heterocycles. The second-order valence-corrected chi connectivity index (χ2v) is 4.87. The highest BCUT2D eigenvalue weighted by atomic mass is 16.3. The molecule has 0 radical (unpaired) electrons. The van der Waals surface area contributed by atoms with Gasteiger partial charge in [-0.25, -0.2) is 0 Å². The van der Waals surface area contributed by atoms with Crippen LogP contribution in [0.3, 0.4) is 0 Å². The quantitative estimate of drug-likeness (QED) is 0.729. The zero-order valence-corrected chi connectivity index (χ0v) is 10.7. The SMILES string of the molecule is N#Cc1ccc2oc(-c3cncc4c3CCN4)cc2c1. The summed E-state index contributed by atoms with van der Waals surface area (Å²) in [5.41, 5.74) is 4.80. The molecule has 1 aliphatic rings. The maximum absolute atomic E-state index is 8.95. The minimum atomic E-state index is 0.642. The summed E-state index contributed by atoms with van der Waals surface area (Å²) >= 11 is 0. The lowest BCUT2D eigenvalue weighted by molar-refractivity contribution is 0.630. The number of nitrogens with zero attached hydrogens (tertiary/aromatic N) is 2. The number of hydrogen-bond donors (Lipinski definition) is 1. The van der Waals surface area contributed by atoms with E-state index in [0.29, 0.717) is 5.56 Å². The average Bonchev–Trinajstić information content (AvgIpc) is 3.12. The van der Waals surface area contributed by atoms with Gasteiger partial charge in [-0.05, 0) is 36.2 Å². The normalized spacial score (nSPS) is 12.9. The van der Waals surface area contributed by atoms with Crippen molar-refractivity contribution < 1.29 is 4.42 Å². The molecule has 4 rings (SSSR count). The van der Waals surface area contributed by atoms with Crippen LogP contribution in [0.25, 0.3) is 22.3 Å². The third kappa shape index (κ3) is 1.57. The first-order valence-corrected chi connectivity index (χ1v) is 6.50. The molecule has 3 aromatic rings. The van der Waals surface area contributed by atoms with Gasteiger partial charge in [-0.3, -0.25) is 4.98 Å². The third-order valence-electron chi connectivity index (χ3n) is 3.66. The van der Waals surface area contributed by atoms with Crippen LogP contribution in [0.15, 0.2) is 41.1 Å². The van der Waals surface area contributed by atoms with E-state index in [-0.39, 0.29) is 0 Å². The highest BCUT2D eigenvalue weighted by molar-refractivity contribution is 5.85. The van der Waals surface area contributed by atoms with Crippen molar-refractivity contribution in [1.82, 2.24) is 4.98 Å². The van der Waals surface area contributed by atoms with Gasteiger partial charge >= 0.3 is 0 Å². The van der Waals surface area contributed by atoms with Crippen molar-refractivity contribution in [2.75, 3.05) is 11.9 Å². The molecule has 0 saturated carbocycles. The molecule has 1 aliphatic heterocycles. The average molecular weight is 261 g/mol. The summed E-state index contributed by atoms with van der Waals surface area (Å²) in [4.78, 5) is 4.26. The van der Waals surface area contributed by atoms with Gasteiger partial charge in [-0.1, -0.05) is 0 Å². The number of pyridine rings is 1. The van der Waals surface area contributed by atoms with Crippen molar-refractivity contribution in [3.05, 3.63) is 47.8 Å². The first kappa shape index (κ1) is 11.1. The van der Waals surface area contributed by atoms with E-state index < -0.39 is 0 Å². The maximum Gasteiger partial charge on any atom is 0.137 e. The van der Waals surface area contributed by atoms with Gasteiger partial charge in [0.2, 0.25) is 0 Å². The number of benzene rings is 1. The minimum absolute atomic E-state index is 0.642. The van der Waals surface area contributed by atoms with Gasteiger partial charge in [0.25, 0.3) is 0 Å². The largest absolute Gasteiger partial charge is 0.456 e. The summed E-state index contributed by atoms with van der Waals surface area (Å²) in [5.74, 6) is 0.808. The summed E-state index contributed by atoms with van der Waals surface area (Å²) in [6.07, 6.45) is 4.67. The number of nitriles is 1. The smallest absolute Gasteiger partial charge is 0.137 e. The Hall–Kier alpha value is -2.80. The Kier molecular flexibility index (Phi) is 2.27. The molecule has 0 bridgehead atoms. The van der Waals surface area contributed by atoms with E-state index in [4.69, 9.17) is 9.68 Å². The van der Waals surface area contributed by atoms with E-state index in [2.05, 4.69) is 16.4 Å². The monoisotopic (exact) mass is 261 g/mol. The van der Waals surface area contributed by atoms with Gasteiger partial charge in [-0.2, -0.15) is 5.26 Å².